The predicted molar refractivity (Wildman–Crippen MR) is 189 cm³/mol. The molecule has 2 heterocycles. The van der Waals surface area contributed by atoms with Gasteiger partial charge in [0, 0.05) is 69.6 Å². The highest BCUT2D eigenvalue weighted by molar-refractivity contribution is 6.45. The van der Waals surface area contributed by atoms with E-state index in [1.807, 2.05) is 30.3 Å². The van der Waals surface area contributed by atoms with Gasteiger partial charge in [0.25, 0.3) is 11.8 Å². The number of methoxy groups -OCH3 is 1. The number of rotatable bonds is 15. The highest BCUT2D eigenvalue weighted by Gasteiger charge is 2.30. The number of allylic oxidation sites excluding steroid dienone is 3. The molecule has 2 amide bonds. The third-order valence-corrected chi connectivity index (χ3v) is 7.83. The van der Waals surface area contributed by atoms with Crippen LogP contribution in [0.2, 0.25) is 0 Å². The molecule has 2 aromatic rings. The number of benzene rings is 1. The number of ether oxygens (including phenoxy) is 1. The quantitative estimate of drug-likeness (QED) is 0.110. The Balaban J connectivity index is 0.00000600. The number of hydrogen-bond donors (Lipinski definition) is 5. The van der Waals surface area contributed by atoms with Crippen LogP contribution in [0.15, 0.2) is 71.5 Å². The molecule has 1 aromatic heterocycles. The summed E-state index contributed by atoms with van der Waals surface area (Å²) in [6.45, 7) is 5.07. The number of anilines is 1. The van der Waals surface area contributed by atoms with Crippen molar-refractivity contribution in [3.8, 4) is 5.75 Å². The van der Waals surface area contributed by atoms with Gasteiger partial charge in [0.1, 0.15) is 17.3 Å². The van der Waals surface area contributed by atoms with Gasteiger partial charge in [0.05, 0.1) is 35.9 Å². The van der Waals surface area contributed by atoms with Gasteiger partial charge in [-0.2, -0.15) is 4.99 Å². The number of amides is 2. The first kappa shape index (κ1) is 36.7. The first-order valence-corrected chi connectivity index (χ1v) is 15.5. The minimum Gasteiger partial charge on any atom is -0.494 e. The molecule has 0 bridgehead atoms. The Hall–Kier alpha value is -4.81. The van der Waals surface area contributed by atoms with Gasteiger partial charge >= 0.3 is 0 Å². The molecule has 1 aliphatic carbocycles. The van der Waals surface area contributed by atoms with Gasteiger partial charge in [-0.25, -0.2) is 0 Å². The zero-order chi connectivity index (χ0) is 33.2. The monoisotopic (exact) mass is 643 g/mol. The third-order valence-electron chi connectivity index (χ3n) is 7.83. The summed E-state index contributed by atoms with van der Waals surface area (Å²) in [6.07, 6.45) is 10.0. The van der Waals surface area contributed by atoms with Gasteiger partial charge in [-0.3, -0.25) is 24.9 Å². The van der Waals surface area contributed by atoms with Gasteiger partial charge < -0.3 is 31.7 Å². The van der Waals surface area contributed by atoms with Crippen LogP contribution < -0.4 is 26.8 Å². The number of pyridine rings is 1. The minimum atomic E-state index is -0.624. The number of hydrogen-bond acceptors (Lipinski definition) is 9. The first-order chi connectivity index (χ1) is 22.2. The van der Waals surface area contributed by atoms with Crippen LogP contribution in [0.4, 0.5) is 5.69 Å². The van der Waals surface area contributed by atoms with Crippen molar-refractivity contribution in [1.29, 1.82) is 5.41 Å². The van der Waals surface area contributed by atoms with Crippen LogP contribution in [0.3, 0.4) is 0 Å². The van der Waals surface area contributed by atoms with E-state index in [0.29, 0.717) is 24.0 Å². The molecule has 252 valence electrons. The molecule has 7 N–H and O–H groups in total. The van der Waals surface area contributed by atoms with Crippen molar-refractivity contribution in [2.24, 2.45) is 22.4 Å². The molecule has 12 heteroatoms. The number of para-hydroxylation sites is 1. The van der Waals surface area contributed by atoms with Crippen molar-refractivity contribution in [1.82, 2.24) is 20.1 Å². The largest absolute Gasteiger partial charge is 0.494 e. The number of nitrogens with zero attached hydrogens (tertiary/aromatic N) is 4. The van der Waals surface area contributed by atoms with Gasteiger partial charge in [0.15, 0.2) is 0 Å². The lowest BCUT2D eigenvalue weighted by atomic mass is 10.0. The van der Waals surface area contributed by atoms with E-state index in [1.165, 1.54) is 13.1 Å². The third kappa shape index (κ3) is 9.84. The summed E-state index contributed by atoms with van der Waals surface area (Å²) in [5, 5.41) is 14.1. The lowest BCUT2D eigenvalue weighted by Crippen LogP contribution is -2.56. The number of amidine groups is 1. The second kappa shape index (κ2) is 17.2. The van der Waals surface area contributed by atoms with Crippen molar-refractivity contribution in [3.05, 3.63) is 83.5 Å². The predicted octanol–water partition coefficient (Wildman–Crippen LogP) is 3.66. The fourth-order valence-corrected chi connectivity index (χ4v) is 5.04. The standard InChI is InChI=1S/C34H45N9O3.CH4/c1-5-6-9-23(18-42(3)26-20-43(21-26)19-25-11-7-10-24(17-35)39-25)27-12-8-13-28(32(27)46-4)40-29(31(37)34(45)38-2)16-30(36)41-33(44)22-14-15-22;/h6-13,16,18,22,26,37,40H,5,14-15,17,19-21,35H2,1-4H3,(H,38,45)(H2,36,41,44);1H4/b9-6-,23-18+,29-16+,37-31?;. The molecule has 2 aliphatic rings. The smallest absolute Gasteiger partial charge is 0.271 e. The zero-order valence-corrected chi connectivity index (χ0v) is 27.0. The van der Waals surface area contributed by atoms with Crippen LogP contribution in [0.5, 0.6) is 5.75 Å². The molecule has 1 saturated heterocycles. The maximum absolute atomic E-state index is 12.5. The van der Waals surface area contributed by atoms with Crippen LogP contribution in [-0.2, 0) is 22.7 Å². The van der Waals surface area contributed by atoms with Gasteiger partial charge in [-0.15, -0.1) is 0 Å². The molecule has 4 rings (SSSR count). The van der Waals surface area contributed by atoms with Crippen LogP contribution in [0, 0.1) is 11.3 Å². The van der Waals surface area contributed by atoms with E-state index >= 15 is 0 Å². The topological polar surface area (TPSA) is 175 Å². The Morgan fingerprint density at radius 1 is 1.19 bits per heavy atom. The van der Waals surface area contributed by atoms with Gasteiger partial charge in [-0.1, -0.05) is 44.7 Å². The van der Waals surface area contributed by atoms with Gasteiger partial charge in [-0.05, 0) is 37.5 Å². The second-order valence-corrected chi connectivity index (χ2v) is 11.4. The van der Waals surface area contributed by atoms with Crippen molar-refractivity contribution < 1.29 is 14.3 Å². The molecule has 1 saturated carbocycles. The Morgan fingerprint density at radius 2 is 1.89 bits per heavy atom. The molecular formula is C35H49N9O3. The molecule has 0 atom stereocenters. The molecule has 0 spiro atoms. The number of likely N-dealkylation sites (tertiary alicyclic amines) is 1. The molecule has 47 heavy (non-hydrogen) atoms. The van der Waals surface area contributed by atoms with Crippen molar-refractivity contribution in [2.75, 3.05) is 39.6 Å². The van der Waals surface area contributed by atoms with Crippen LogP contribution in [0.25, 0.3) is 5.57 Å². The zero-order valence-electron chi connectivity index (χ0n) is 27.0. The fraction of sp³-hybridized carbons (Fsp3) is 0.400. The van der Waals surface area contributed by atoms with Gasteiger partial charge in [0.2, 0.25) is 0 Å². The van der Waals surface area contributed by atoms with Crippen molar-refractivity contribution in [3.63, 3.8) is 0 Å². The summed E-state index contributed by atoms with van der Waals surface area (Å²) in [5.74, 6) is -0.599. The lowest BCUT2D eigenvalue weighted by molar-refractivity contribution is -0.119. The number of aliphatic imine (C=N–C) groups is 1. The number of likely N-dealkylation sites (N-methyl/N-ethyl adjacent to an activating group) is 1. The summed E-state index contributed by atoms with van der Waals surface area (Å²) < 4.78 is 5.91. The normalized spacial score (nSPS) is 15.9. The molecule has 1 aromatic carbocycles. The summed E-state index contributed by atoms with van der Waals surface area (Å²) >= 11 is 0. The number of nitrogens with one attached hydrogen (secondary N) is 3. The molecule has 2 fully saturated rings. The van der Waals surface area contributed by atoms with E-state index < -0.39 is 5.91 Å². The summed E-state index contributed by atoms with van der Waals surface area (Å²) in [5.41, 5.74) is 15.7. The van der Waals surface area contributed by atoms with Crippen molar-refractivity contribution in [2.45, 2.75) is 52.7 Å². The van der Waals surface area contributed by atoms with Crippen LogP contribution in [0.1, 0.15) is 50.6 Å². The van der Waals surface area contributed by atoms with Crippen molar-refractivity contribution >= 4 is 34.6 Å². The maximum Gasteiger partial charge on any atom is 0.271 e. The minimum absolute atomic E-state index is 0. The average Bonchev–Trinajstić information content (AvgIpc) is 3.89. The molecule has 0 radical (unpaired) electrons. The summed E-state index contributed by atoms with van der Waals surface area (Å²) in [7, 11) is 5.08. The fourth-order valence-electron chi connectivity index (χ4n) is 5.04. The molecule has 0 unspecified atom stereocenters. The second-order valence-electron chi connectivity index (χ2n) is 11.4. The summed E-state index contributed by atoms with van der Waals surface area (Å²) in [6, 6.07) is 11.9. The molecule has 1 aliphatic heterocycles. The highest BCUT2D eigenvalue weighted by atomic mass is 16.5. The number of nitrogens with two attached hydrogens (primary N) is 2. The Morgan fingerprint density at radius 3 is 2.53 bits per heavy atom. The summed E-state index contributed by atoms with van der Waals surface area (Å²) in [4.78, 5) is 37.8. The highest BCUT2D eigenvalue weighted by Crippen LogP contribution is 2.36. The first-order valence-electron chi connectivity index (χ1n) is 15.5. The van der Waals surface area contributed by atoms with E-state index in [9.17, 15) is 9.59 Å². The van der Waals surface area contributed by atoms with E-state index in [-0.39, 0.29) is 36.5 Å². The Bertz CT molecular complexity index is 1550. The number of carbonyl (C=O) groups is 2. The lowest BCUT2D eigenvalue weighted by Gasteiger charge is -2.43. The average molecular weight is 644 g/mol. The van der Waals surface area contributed by atoms with Crippen LogP contribution in [-0.4, -0.2) is 78.5 Å². The van der Waals surface area contributed by atoms with E-state index in [0.717, 1.165) is 61.4 Å². The van der Waals surface area contributed by atoms with E-state index in [2.05, 4.69) is 62.7 Å². The molecule has 12 nitrogen and oxygen atoms in total. The Kier molecular flexibility index (Phi) is 13.4. The molecular weight excluding hydrogens is 594 g/mol. The number of carbonyl (C=O) groups excluding carboxylic acids is 2. The maximum atomic E-state index is 12.5. The van der Waals surface area contributed by atoms with E-state index in [1.54, 1.807) is 13.2 Å². The SMILES string of the molecule is C.CC/C=C\C(=C/N(C)C1CN(Cc2cccc(CN)n2)C1)c1cccc(N/C(=C/C(N)=NC(=O)C2CC2)C(=N)C(=O)NC)c1OC. The van der Waals surface area contributed by atoms with E-state index in [4.69, 9.17) is 21.6 Å². The van der Waals surface area contributed by atoms with Crippen LogP contribution >= 0.6 is 0 Å². The number of aromatic nitrogens is 1. The Labute approximate surface area is 278 Å².